The molecule has 1 heterocycles. The highest BCUT2D eigenvalue weighted by atomic mass is 16.6. The maximum atomic E-state index is 14.4. The number of amides is 4. The first-order valence-corrected chi connectivity index (χ1v) is 24.2. The molecule has 0 saturated heterocycles. The van der Waals surface area contributed by atoms with Gasteiger partial charge in [-0.3, -0.25) is 20.0 Å². The summed E-state index contributed by atoms with van der Waals surface area (Å²) in [6.45, 7) is 10.9. The summed E-state index contributed by atoms with van der Waals surface area (Å²) < 4.78 is 27.1. The molecule has 5 rings (SSSR count). The van der Waals surface area contributed by atoms with Crippen LogP contribution in [0.25, 0.3) is 11.3 Å². The van der Waals surface area contributed by atoms with Crippen LogP contribution >= 0.6 is 0 Å². The molecule has 4 atom stereocenters. The van der Waals surface area contributed by atoms with Crippen LogP contribution in [0, 0.1) is 10.8 Å². The van der Waals surface area contributed by atoms with Gasteiger partial charge in [-0.25, -0.2) is 14.6 Å². The molecule has 0 aliphatic heterocycles. The van der Waals surface area contributed by atoms with Crippen LogP contribution < -0.4 is 35.6 Å². The molecule has 0 aliphatic carbocycles. The highest BCUT2D eigenvalue weighted by molar-refractivity contribution is 5.87. The molecule has 16 heteroatoms. The third kappa shape index (κ3) is 17.6. The molecule has 386 valence electrons. The lowest BCUT2D eigenvalue weighted by molar-refractivity contribution is -0.132. The zero-order chi connectivity index (χ0) is 52.3. The van der Waals surface area contributed by atoms with E-state index < -0.39 is 59.1 Å². The lowest BCUT2D eigenvalue weighted by Gasteiger charge is -2.35. The van der Waals surface area contributed by atoms with Crippen molar-refractivity contribution in [3.05, 3.63) is 144 Å². The Labute approximate surface area is 424 Å². The van der Waals surface area contributed by atoms with Crippen molar-refractivity contribution in [1.82, 2.24) is 31.4 Å². The van der Waals surface area contributed by atoms with E-state index in [1.54, 1.807) is 25.4 Å². The van der Waals surface area contributed by atoms with Gasteiger partial charge < -0.3 is 44.7 Å². The number of hydrogen-bond acceptors (Lipinski definition) is 12. The summed E-state index contributed by atoms with van der Waals surface area (Å²) in [6, 6.07) is 33.4. The Balaban J connectivity index is 1.25. The predicted molar refractivity (Wildman–Crippen MR) is 276 cm³/mol. The Morgan fingerprint density at radius 1 is 0.639 bits per heavy atom. The topological polar surface area (TPSA) is 199 Å². The highest BCUT2D eigenvalue weighted by Gasteiger charge is 2.37. The molecule has 5 aromatic rings. The van der Waals surface area contributed by atoms with Crippen molar-refractivity contribution in [2.45, 2.75) is 98.0 Å². The van der Waals surface area contributed by atoms with Gasteiger partial charge in [-0.05, 0) is 95.2 Å². The van der Waals surface area contributed by atoms with Crippen LogP contribution in [-0.2, 0) is 44.9 Å². The average molecular weight is 989 g/mol. The van der Waals surface area contributed by atoms with Gasteiger partial charge in [0.2, 0.25) is 5.91 Å². The van der Waals surface area contributed by atoms with Crippen molar-refractivity contribution >= 4 is 24.0 Å². The molecule has 0 radical (unpaired) electrons. The summed E-state index contributed by atoms with van der Waals surface area (Å²) in [5.74, 6) is 0.944. The molecular formula is C56H72N6O10. The van der Waals surface area contributed by atoms with Crippen LogP contribution in [-0.4, -0.2) is 104 Å². The number of carbonyl (C=O) groups excluding carboxylic acids is 4. The fourth-order valence-electron chi connectivity index (χ4n) is 7.98. The number of pyridine rings is 1. The van der Waals surface area contributed by atoms with E-state index in [0.717, 1.165) is 52.8 Å². The lowest BCUT2D eigenvalue weighted by atomic mass is 9.85. The molecule has 0 fully saturated rings. The van der Waals surface area contributed by atoms with E-state index >= 15 is 0 Å². The van der Waals surface area contributed by atoms with Gasteiger partial charge in [0, 0.05) is 24.8 Å². The van der Waals surface area contributed by atoms with Crippen molar-refractivity contribution in [2.75, 3.05) is 41.1 Å². The molecule has 4 amide bonds. The molecule has 4 aromatic carbocycles. The average Bonchev–Trinajstić information content (AvgIpc) is 3.35. The zero-order valence-corrected chi connectivity index (χ0v) is 43.0. The van der Waals surface area contributed by atoms with Crippen molar-refractivity contribution in [3.8, 4) is 28.5 Å². The van der Waals surface area contributed by atoms with Crippen LogP contribution in [0.3, 0.4) is 0 Å². The normalized spacial score (nSPS) is 13.2. The van der Waals surface area contributed by atoms with Gasteiger partial charge in [0.25, 0.3) is 5.91 Å². The third-order valence-corrected chi connectivity index (χ3v) is 11.9. The minimum absolute atomic E-state index is 0.0803. The Kier molecular flexibility index (Phi) is 20.8. The van der Waals surface area contributed by atoms with E-state index in [9.17, 15) is 24.3 Å². The molecule has 0 bridgehead atoms. The molecule has 0 unspecified atom stereocenters. The zero-order valence-electron chi connectivity index (χ0n) is 43.0. The van der Waals surface area contributed by atoms with E-state index in [2.05, 4.69) is 26.4 Å². The number of benzene rings is 4. The van der Waals surface area contributed by atoms with Crippen LogP contribution in [0.4, 0.5) is 9.59 Å². The van der Waals surface area contributed by atoms with Gasteiger partial charge in [0.1, 0.15) is 31.0 Å². The van der Waals surface area contributed by atoms with E-state index in [1.807, 2.05) is 157 Å². The first-order chi connectivity index (χ1) is 34.4. The summed E-state index contributed by atoms with van der Waals surface area (Å²) in [4.78, 5) is 58.5. The second-order valence-corrected chi connectivity index (χ2v) is 19.7. The number of hydrogen-bond donors (Lipinski definition) is 5. The number of methoxy groups -OCH3 is 3. The van der Waals surface area contributed by atoms with Gasteiger partial charge in [-0.2, -0.15) is 0 Å². The number of nitrogens with one attached hydrogen (secondary N) is 4. The molecule has 72 heavy (non-hydrogen) atoms. The van der Waals surface area contributed by atoms with Crippen molar-refractivity contribution in [1.29, 1.82) is 0 Å². The maximum Gasteiger partial charge on any atom is 0.407 e. The number of aromatic nitrogens is 1. The van der Waals surface area contributed by atoms with Gasteiger partial charge in [-0.1, -0.05) is 120 Å². The molecule has 5 N–H and O–H groups in total. The fourth-order valence-corrected chi connectivity index (χ4v) is 7.98. The van der Waals surface area contributed by atoms with Crippen LogP contribution in [0.5, 0.6) is 17.2 Å². The minimum Gasteiger partial charge on any atom is -0.493 e. The van der Waals surface area contributed by atoms with E-state index in [-0.39, 0.29) is 32.7 Å². The largest absolute Gasteiger partial charge is 0.493 e. The standard InChI is InChI=1S/C56H72N6O10/c1-55(2,3)49(60-54(67)72-32-31-71-43-22-16-21-38(33-43)19-15-20-40-26-29-47(68-7)48(35-40)69-8)51(64)58-45(34-39-17-11-10-12-18-39)46(63)37-62(61-52(65)50(56(4,5)6)59-53(66)70-9)36-41-24-27-42(28-25-41)44-23-13-14-30-57-44/h10-14,16-18,21-30,33,35,45-46,49-50,63H,15,19-20,31-32,34,36-37H2,1-9H3,(H,58,64)(H,59,66)(H,60,67)(H,61,65)/t45-,46-,49+,50+/m0/s1. The number of hydrazine groups is 1. The summed E-state index contributed by atoms with van der Waals surface area (Å²) in [5, 5.41) is 22.1. The monoisotopic (exact) mass is 989 g/mol. The number of aliphatic hydroxyl groups excluding tert-OH is 1. The van der Waals surface area contributed by atoms with Gasteiger partial charge >= 0.3 is 12.2 Å². The smallest absolute Gasteiger partial charge is 0.407 e. The van der Waals surface area contributed by atoms with Gasteiger partial charge in [0.05, 0.1) is 39.2 Å². The Morgan fingerprint density at radius 2 is 1.26 bits per heavy atom. The second-order valence-electron chi connectivity index (χ2n) is 19.7. The number of ether oxygens (including phenoxy) is 5. The molecule has 0 saturated carbocycles. The van der Waals surface area contributed by atoms with Gasteiger partial charge in [0.15, 0.2) is 11.5 Å². The Bertz CT molecular complexity index is 2500. The molecule has 1 aromatic heterocycles. The first-order valence-electron chi connectivity index (χ1n) is 24.2. The number of aliphatic hydroxyl groups is 1. The van der Waals surface area contributed by atoms with Crippen molar-refractivity contribution in [2.24, 2.45) is 10.8 Å². The number of rotatable bonds is 24. The van der Waals surface area contributed by atoms with E-state index in [4.69, 9.17) is 23.7 Å². The predicted octanol–water partition coefficient (Wildman–Crippen LogP) is 7.85. The Morgan fingerprint density at radius 3 is 1.90 bits per heavy atom. The van der Waals surface area contributed by atoms with Crippen molar-refractivity contribution in [3.63, 3.8) is 0 Å². The number of carbonyl (C=O) groups is 4. The lowest BCUT2D eigenvalue weighted by Crippen LogP contribution is -2.61. The number of aryl methyl sites for hydroxylation is 2. The van der Waals surface area contributed by atoms with Crippen molar-refractivity contribution < 1.29 is 48.0 Å². The van der Waals surface area contributed by atoms with Crippen LogP contribution in [0.15, 0.2) is 121 Å². The van der Waals surface area contributed by atoms with Gasteiger partial charge in [-0.15, -0.1) is 0 Å². The molecule has 16 nitrogen and oxygen atoms in total. The molecular weight excluding hydrogens is 917 g/mol. The van der Waals surface area contributed by atoms with Crippen LogP contribution in [0.1, 0.15) is 70.2 Å². The molecule has 0 aliphatic rings. The summed E-state index contributed by atoms with van der Waals surface area (Å²) >= 11 is 0. The summed E-state index contributed by atoms with van der Waals surface area (Å²) in [6.07, 6.45) is 1.66. The third-order valence-electron chi connectivity index (χ3n) is 11.9. The molecule has 0 spiro atoms. The summed E-state index contributed by atoms with van der Waals surface area (Å²) in [7, 11) is 4.46. The van der Waals surface area contributed by atoms with E-state index in [1.165, 1.54) is 7.11 Å². The second kappa shape index (κ2) is 26.9. The highest BCUT2D eigenvalue weighted by Crippen LogP contribution is 2.29. The number of alkyl carbamates (subject to hydrolysis) is 2. The first kappa shape index (κ1) is 55.8. The quantitative estimate of drug-likeness (QED) is 0.0297. The SMILES string of the molecule is COC(=O)N[C@H](C(=O)NN(Cc1ccc(-c2ccccn2)cc1)C[C@H](O)[C@H](Cc1ccccc1)NC(=O)[C@@H](NC(=O)OCCOc1cccc(CCCc2ccc(OC)c(OC)c2)c1)C(C)(C)C)C(C)(C)C. The Hall–Kier alpha value is -7.17. The summed E-state index contributed by atoms with van der Waals surface area (Å²) in [5.41, 5.74) is 6.97. The maximum absolute atomic E-state index is 14.4. The minimum atomic E-state index is -1.27. The number of nitrogens with zero attached hydrogens (tertiary/aromatic N) is 2. The van der Waals surface area contributed by atoms with E-state index in [0.29, 0.717) is 17.2 Å². The fraction of sp³-hybridized carbons (Fsp3) is 0.411. The van der Waals surface area contributed by atoms with Crippen LogP contribution in [0.2, 0.25) is 0 Å².